The summed E-state index contributed by atoms with van der Waals surface area (Å²) in [6.07, 6.45) is 5.44. The van der Waals surface area contributed by atoms with Crippen LogP contribution in [0.5, 0.6) is 0 Å². The van der Waals surface area contributed by atoms with E-state index in [1.165, 1.54) is 0 Å². The molecule has 1 amide bonds. The van der Waals surface area contributed by atoms with E-state index in [1.807, 2.05) is 60.8 Å². The highest BCUT2D eigenvalue weighted by molar-refractivity contribution is 5.92. The Hall–Kier alpha value is -3.88. The molecule has 0 radical (unpaired) electrons. The van der Waals surface area contributed by atoms with Crippen LogP contribution in [0.1, 0.15) is 0 Å². The first kappa shape index (κ1) is 21.9. The lowest BCUT2D eigenvalue weighted by Gasteiger charge is -2.31. The van der Waals surface area contributed by atoms with Gasteiger partial charge in [-0.2, -0.15) is 5.10 Å². The van der Waals surface area contributed by atoms with Crippen molar-refractivity contribution in [3.05, 3.63) is 73.2 Å². The fourth-order valence-electron chi connectivity index (χ4n) is 4.10. The Morgan fingerprint density at radius 1 is 0.941 bits per heavy atom. The molecule has 0 atom stereocenters. The van der Waals surface area contributed by atoms with Gasteiger partial charge in [0.25, 0.3) is 0 Å². The smallest absolute Gasteiger partial charge is 0.238 e. The number of anilines is 1. The molecule has 34 heavy (non-hydrogen) atoms. The Labute approximate surface area is 198 Å². The van der Waals surface area contributed by atoms with E-state index >= 15 is 0 Å². The van der Waals surface area contributed by atoms with Crippen LogP contribution in [0.4, 0.5) is 5.69 Å². The van der Waals surface area contributed by atoms with Crippen molar-refractivity contribution in [2.45, 2.75) is 0 Å². The molecule has 1 aromatic carbocycles. The Balaban J connectivity index is 1.28. The number of aromatic nitrogens is 4. The summed E-state index contributed by atoms with van der Waals surface area (Å²) < 4.78 is 0. The number of carbonyl (C=O) groups excluding carboxylic acids is 1. The van der Waals surface area contributed by atoms with Gasteiger partial charge >= 0.3 is 0 Å². The molecule has 8 nitrogen and oxygen atoms in total. The summed E-state index contributed by atoms with van der Waals surface area (Å²) in [5, 5.41) is 10.4. The van der Waals surface area contributed by atoms with E-state index in [9.17, 15) is 4.79 Å². The summed E-state index contributed by atoms with van der Waals surface area (Å²) in [4.78, 5) is 25.9. The summed E-state index contributed by atoms with van der Waals surface area (Å²) in [6, 6.07) is 17.6. The minimum absolute atomic E-state index is 0.0134. The zero-order chi connectivity index (χ0) is 23.3. The normalized spacial score (nSPS) is 14.7. The van der Waals surface area contributed by atoms with Gasteiger partial charge in [0.15, 0.2) is 0 Å². The molecule has 0 unspecified atom stereocenters. The average Bonchev–Trinajstić information content (AvgIpc) is 3.37. The number of pyridine rings is 2. The van der Waals surface area contributed by atoms with Crippen molar-refractivity contribution < 1.29 is 4.79 Å². The number of piperazine rings is 1. The highest BCUT2D eigenvalue weighted by Gasteiger charge is 2.17. The van der Waals surface area contributed by atoms with Crippen LogP contribution >= 0.6 is 0 Å². The summed E-state index contributed by atoms with van der Waals surface area (Å²) in [5.74, 6) is 0.0134. The number of amides is 1. The van der Waals surface area contributed by atoms with Crippen LogP contribution in [0.2, 0.25) is 0 Å². The predicted octanol–water partition coefficient (Wildman–Crippen LogP) is 3.39. The molecule has 3 aromatic heterocycles. The van der Waals surface area contributed by atoms with Gasteiger partial charge in [0.1, 0.15) is 5.69 Å². The van der Waals surface area contributed by atoms with Gasteiger partial charge in [-0.05, 0) is 49.0 Å². The van der Waals surface area contributed by atoms with Crippen LogP contribution in [0.15, 0.2) is 73.2 Å². The molecule has 0 aliphatic carbocycles. The number of nitrogens with one attached hydrogen (secondary N) is 2. The molecule has 0 spiro atoms. The van der Waals surface area contributed by atoms with Gasteiger partial charge in [-0.15, -0.1) is 0 Å². The molecule has 4 heterocycles. The highest BCUT2D eigenvalue weighted by atomic mass is 16.2. The largest absolute Gasteiger partial charge is 0.325 e. The summed E-state index contributed by atoms with van der Waals surface area (Å²) in [7, 11) is 2.11. The first-order chi connectivity index (χ1) is 16.7. The van der Waals surface area contributed by atoms with Crippen LogP contribution in [-0.2, 0) is 4.79 Å². The van der Waals surface area contributed by atoms with Crippen LogP contribution in [0.25, 0.3) is 33.8 Å². The second kappa shape index (κ2) is 9.94. The van der Waals surface area contributed by atoms with Gasteiger partial charge in [-0.25, -0.2) is 0 Å². The molecule has 4 aromatic rings. The van der Waals surface area contributed by atoms with Crippen molar-refractivity contribution in [3.8, 4) is 33.8 Å². The number of nitrogens with zero attached hydrogens (tertiary/aromatic N) is 5. The van der Waals surface area contributed by atoms with Crippen molar-refractivity contribution in [2.75, 3.05) is 45.1 Å². The Morgan fingerprint density at radius 3 is 2.50 bits per heavy atom. The van der Waals surface area contributed by atoms with Crippen LogP contribution < -0.4 is 5.32 Å². The minimum atomic E-state index is 0.0134. The molecule has 8 heteroatoms. The number of likely N-dealkylation sites (N-methyl/N-ethyl adjacent to an activating group) is 1. The van der Waals surface area contributed by atoms with Crippen LogP contribution in [-0.4, -0.2) is 75.6 Å². The highest BCUT2D eigenvalue weighted by Crippen LogP contribution is 2.31. The van der Waals surface area contributed by atoms with E-state index in [1.54, 1.807) is 12.4 Å². The van der Waals surface area contributed by atoms with E-state index in [4.69, 9.17) is 0 Å². The lowest BCUT2D eigenvalue weighted by atomic mass is 10.0. The van der Waals surface area contributed by atoms with E-state index < -0.39 is 0 Å². The summed E-state index contributed by atoms with van der Waals surface area (Å²) >= 11 is 0. The molecule has 1 fully saturated rings. The molecular weight excluding hydrogens is 426 g/mol. The molecule has 1 aliphatic heterocycles. The molecule has 172 valence electrons. The van der Waals surface area contributed by atoms with Crippen LogP contribution in [0, 0.1) is 0 Å². The van der Waals surface area contributed by atoms with E-state index in [2.05, 4.69) is 42.3 Å². The van der Waals surface area contributed by atoms with E-state index in [-0.39, 0.29) is 5.91 Å². The number of carbonyl (C=O) groups is 1. The number of hydrogen-bond donors (Lipinski definition) is 2. The van der Waals surface area contributed by atoms with Gasteiger partial charge in [-0.3, -0.25) is 24.8 Å². The van der Waals surface area contributed by atoms with Gasteiger partial charge in [0, 0.05) is 61.6 Å². The van der Waals surface area contributed by atoms with Crippen molar-refractivity contribution in [2.24, 2.45) is 0 Å². The van der Waals surface area contributed by atoms with Gasteiger partial charge < -0.3 is 10.2 Å². The van der Waals surface area contributed by atoms with Crippen molar-refractivity contribution in [1.29, 1.82) is 0 Å². The fourth-order valence-corrected chi connectivity index (χ4v) is 4.10. The number of aromatic amines is 1. The number of rotatable bonds is 6. The van der Waals surface area contributed by atoms with Gasteiger partial charge in [-0.1, -0.05) is 18.2 Å². The fraction of sp³-hybridized carbons (Fsp3) is 0.231. The van der Waals surface area contributed by atoms with Crippen LogP contribution in [0.3, 0.4) is 0 Å². The molecule has 1 saturated heterocycles. The maximum atomic E-state index is 12.4. The Bertz CT molecular complexity index is 1250. The van der Waals surface area contributed by atoms with Gasteiger partial charge in [0.2, 0.25) is 5.91 Å². The average molecular weight is 454 g/mol. The Kier molecular flexibility index (Phi) is 6.42. The molecule has 2 N–H and O–H groups in total. The molecule has 0 saturated carbocycles. The van der Waals surface area contributed by atoms with E-state index in [0.29, 0.717) is 6.54 Å². The lowest BCUT2D eigenvalue weighted by Crippen LogP contribution is -2.47. The third kappa shape index (κ3) is 5.03. The van der Waals surface area contributed by atoms with Crippen molar-refractivity contribution >= 4 is 11.6 Å². The number of hydrogen-bond acceptors (Lipinski definition) is 6. The molecule has 1 aliphatic rings. The summed E-state index contributed by atoms with van der Waals surface area (Å²) in [5.41, 5.74) is 6.19. The molecule has 5 rings (SSSR count). The maximum Gasteiger partial charge on any atom is 0.238 e. The molecular formula is C26H27N7O. The predicted molar refractivity (Wildman–Crippen MR) is 133 cm³/mol. The third-order valence-corrected chi connectivity index (χ3v) is 6.05. The third-order valence-electron chi connectivity index (χ3n) is 6.05. The second-order valence-corrected chi connectivity index (χ2v) is 8.50. The van der Waals surface area contributed by atoms with Crippen molar-refractivity contribution in [3.63, 3.8) is 0 Å². The monoisotopic (exact) mass is 453 g/mol. The SMILES string of the molecule is CN1CCN(CC(=O)Nc2ccc(-c3cc(-c4c[nH]nc4-c4ccccn4)ccn3)cc2)CC1. The number of benzene rings is 1. The first-order valence-electron chi connectivity index (χ1n) is 11.4. The minimum Gasteiger partial charge on any atom is -0.325 e. The molecule has 0 bridgehead atoms. The number of H-pyrrole nitrogens is 1. The second-order valence-electron chi connectivity index (χ2n) is 8.50. The van der Waals surface area contributed by atoms with Crippen molar-refractivity contribution in [1.82, 2.24) is 30.0 Å². The van der Waals surface area contributed by atoms with Gasteiger partial charge in [0.05, 0.1) is 17.9 Å². The quantitative estimate of drug-likeness (QED) is 0.465. The standard InChI is InChI=1S/C26H27N7O/c1-32-12-14-33(15-13-32)18-25(34)30-21-7-5-19(6-8-21)24-16-20(9-11-28-24)22-17-29-31-26(22)23-4-2-3-10-27-23/h2-11,16-17H,12-15,18H2,1H3,(H,29,31)(H,30,34). The first-order valence-corrected chi connectivity index (χ1v) is 11.4. The van der Waals surface area contributed by atoms with E-state index in [0.717, 1.165) is 65.6 Å². The summed E-state index contributed by atoms with van der Waals surface area (Å²) in [6.45, 7) is 4.25. The topological polar surface area (TPSA) is 90.0 Å². The maximum absolute atomic E-state index is 12.4. The Morgan fingerprint density at radius 2 is 1.74 bits per heavy atom. The zero-order valence-electron chi connectivity index (χ0n) is 19.1. The lowest BCUT2D eigenvalue weighted by molar-refractivity contribution is -0.117. The zero-order valence-corrected chi connectivity index (χ0v) is 19.1.